The number of allylic oxidation sites excluding steroid dienone is 1. The lowest BCUT2D eigenvalue weighted by atomic mass is 10.2. The van der Waals surface area contributed by atoms with Crippen molar-refractivity contribution < 1.29 is 8.78 Å². The van der Waals surface area contributed by atoms with Gasteiger partial charge >= 0.3 is 0 Å². The quantitative estimate of drug-likeness (QED) is 0.648. The zero-order chi connectivity index (χ0) is 16.1. The van der Waals surface area contributed by atoms with Crippen LogP contribution < -0.4 is 5.73 Å². The van der Waals surface area contributed by atoms with Crippen molar-refractivity contribution in [2.75, 3.05) is 0 Å². The molecule has 0 amide bonds. The smallest absolute Gasteiger partial charge is 0.139 e. The van der Waals surface area contributed by atoms with E-state index in [4.69, 9.17) is 11.1 Å². The molecule has 5 nitrogen and oxygen atoms in total. The molecule has 1 aromatic carbocycles. The van der Waals surface area contributed by atoms with Gasteiger partial charge in [-0.15, -0.1) is 0 Å². The summed E-state index contributed by atoms with van der Waals surface area (Å²) in [7, 11) is 0. The van der Waals surface area contributed by atoms with E-state index in [1.165, 1.54) is 17.1 Å². The van der Waals surface area contributed by atoms with E-state index >= 15 is 0 Å². The van der Waals surface area contributed by atoms with Crippen molar-refractivity contribution in [1.29, 1.82) is 5.41 Å². The Balaban J connectivity index is 2.25. The second-order valence-corrected chi connectivity index (χ2v) is 4.77. The van der Waals surface area contributed by atoms with Gasteiger partial charge in [0.15, 0.2) is 0 Å². The Morgan fingerprint density at radius 1 is 1.50 bits per heavy atom. The van der Waals surface area contributed by atoms with Crippen molar-refractivity contribution in [1.82, 2.24) is 5.01 Å². The molecule has 0 spiro atoms. The molecule has 1 heterocycles. The molecule has 0 atom stereocenters. The third-order valence-electron chi connectivity index (χ3n) is 3.08. The van der Waals surface area contributed by atoms with E-state index in [0.717, 1.165) is 12.5 Å². The predicted octanol–water partition coefficient (Wildman–Crippen LogP) is 2.78. The van der Waals surface area contributed by atoms with Gasteiger partial charge in [-0.2, -0.15) is 5.10 Å². The number of benzene rings is 1. The largest absolute Gasteiger partial charge is 0.383 e. The summed E-state index contributed by atoms with van der Waals surface area (Å²) in [6, 6.07) is 3.39. The molecular formula is C15H17F2N5. The van der Waals surface area contributed by atoms with Gasteiger partial charge in [0.25, 0.3) is 0 Å². The van der Waals surface area contributed by atoms with E-state index in [0.29, 0.717) is 23.5 Å². The lowest BCUT2D eigenvalue weighted by Gasteiger charge is -2.15. The van der Waals surface area contributed by atoms with Crippen LogP contribution in [-0.2, 0) is 6.54 Å². The van der Waals surface area contributed by atoms with Gasteiger partial charge in [0.1, 0.15) is 29.0 Å². The molecule has 22 heavy (non-hydrogen) atoms. The van der Waals surface area contributed by atoms with Crippen molar-refractivity contribution in [3.05, 3.63) is 47.7 Å². The highest BCUT2D eigenvalue weighted by molar-refractivity contribution is 6.44. The van der Waals surface area contributed by atoms with Gasteiger partial charge in [-0.3, -0.25) is 5.41 Å². The lowest BCUT2D eigenvalue weighted by Crippen LogP contribution is -2.22. The molecule has 0 unspecified atom stereocenters. The second-order valence-electron chi connectivity index (χ2n) is 4.77. The van der Waals surface area contributed by atoms with E-state index in [9.17, 15) is 8.78 Å². The first-order valence-corrected chi connectivity index (χ1v) is 6.86. The van der Waals surface area contributed by atoms with Gasteiger partial charge in [-0.25, -0.2) is 18.8 Å². The van der Waals surface area contributed by atoms with Gasteiger partial charge in [0.2, 0.25) is 0 Å². The number of nitrogens with two attached hydrogens (primary N) is 1. The Bertz CT molecular complexity index is 664. The molecule has 0 bridgehead atoms. The Morgan fingerprint density at radius 2 is 2.27 bits per heavy atom. The van der Waals surface area contributed by atoms with Crippen molar-refractivity contribution >= 4 is 17.4 Å². The molecule has 116 valence electrons. The molecule has 7 heteroatoms. The van der Waals surface area contributed by atoms with E-state index in [1.54, 1.807) is 6.20 Å². The minimum Gasteiger partial charge on any atom is -0.383 e. The number of nitrogens with zero attached hydrogens (tertiary/aromatic N) is 3. The zero-order valence-corrected chi connectivity index (χ0v) is 12.2. The number of hydrogen-bond acceptors (Lipinski definition) is 3. The Hall–Kier alpha value is -2.57. The first-order valence-electron chi connectivity index (χ1n) is 6.86. The molecule has 0 aromatic heterocycles. The van der Waals surface area contributed by atoms with Crippen LogP contribution in [-0.4, -0.2) is 22.4 Å². The second kappa shape index (κ2) is 6.93. The van der Waals surface area contributed by atoms with E-state index in [2.05, 4.69) is 10.1 Å². The molecule has 3 N–H and O–H groups in total. The fourth-order valence-electron chi connectivity index (χ4n) is 1.92. The number of hydrogen-bond donors (Lipinski definition) is 2. The number of halogens is 2. The number of amidine groups is 2. The topological polar surface area (TPSA) is 77.8 Å². The molecule has 0 aliphatic carbocycles. The Labute approximate surface area is 127 Å². The maximum absolute atomic E-state index is 13.8. The molecule has 2 rings (SSSR count). The summed E-state index contributed by atoms with van der Waals surface area (Å²) in [5.41, 5.74) is 6.12. The molecular weight excluding hydrogens is 288 g/mol. The summed E-state index contributed by atoms with van der Waals surface area (Å²) >= 11 is 0. The van der Waals surface area contributed by atoms with Gasteiger partial charge in [-0.1, -0.05) is 19.1 Å². The van der Waals surface area contributed by atoms with Crippen molar-refractivity contribution in [3.63, 3.8) is 0 Å². The van der Waals surface area contributed by atoms with Gasteiger partial charge in [0.05, 0.1) is 13.0 Å². The van der Waals surface area contributed by atoms with Crippen LogP contribution in [0, 0.1) is 17.0 Å². The summed E-state index contributed by atoms with van der Waals surface area (Å²) in [6.07, 6.45) is 4.66. The van der Waals surface area contributed by atoms with Crippen molar-refractivity contribution in [2.45, 2.75) is 26.3 Å². The Kier molecular flexibility index (Phi) is 4.98. The highest BCUT2D eigenvalue weighted by Crippen LogP contribution is 2.18. The summed E-state index contributed by atoms with van der Waals surface area (Å²) < 4.78 is 26.7. The molecule has 0 fully saturated rings. The monoisotopic (exact) mass is 305 g/mol. The van der Waals surface area contributed by atoms with Crippen LogP contribution in [0.15, 0.2) is 40.6 Å². The van der Waals surface area contributed by atoms with E-state index in [-0.39, 0.29) is 12.4 Å². The standard InChI is InChI=1S/C15H17F2N5/c1-2-3-6-20-14-8-13(15(18)19)21-22(14)9-10-4-5-11(16)7-12(10)17/h3-7H,2,8-9H2,1H3,(H3,18,19)/b6-3-,20-14?. The summed E-state index contributed by atoms with van der Waals surface area (Å²) in [5, 5.41) is 13.1. The Morgan fingerprint density at radius 3 is 2.91 bits per heavy atom. The highest BCUT2D eigenvalue weighted by atomic mass is 19.1. The minimum absolute atomic E-state index is 0.0989. The van der Waals surface area contributed by atoms with Crippen LogP contribution in [0.25, 0.3) is 0 Å². The first-order chi connectivity index (χ1) is 10.5. The summed E-state index contributed by atoms with van der Waals surface area (Å²) in [4.78, 5) is 4.27. The summed E-state index contributed by atoms with van der Waals surface area (Å²) in [5.74, 6) is -0.849. The summed E-state index contributed by atoms with van der Waals surface area (Å²) in [6.45, 7) is 2.08. The van der Waals surface area contributed by atoms with Gasteiger partial charge in [0, 0.05) is 17.8 Å². The molecule has 0 radical (unpaired) electrons. The van der Waals surface area contributed by atoms with Crippen molar-refractivity contribution in [2.24, 2.45) is 15.8 Å². The molecule has 1 aliphatic heterocycles. The zero-order valence-electron chi connectivity index (χ0n) is 12.2. The van der Waals surface area contributed by atoms with E-state index < -0.39 is 11.6 Å². The average Bonchev–Trinajstić information content (AvgIpc) is 2.86. The first kappa shape index (κ1) is 15.8. The maximum Gasteiger partial charge on any atom is 0.139 e. The SMILES string of the molecule is CC/C=C\N=C1CC(C(=N)N)=NN1Cc1ccc(F)cc1F. The molecule has 0 saturated heterocycles. The van der Waals surface area contributed by atoms with Crippen LogP contribution in [0.5, 0.6) is 0 Å². The third kappa shape index (κ3) is 3.75. The van der Waals surface area contributed by atoms with E-state index in [1.807, 2.05) is 13.0 Å². The fourth-order valence-corrected chi connectivity index (χ4v) is 1.92. The van der Waals surface area contributed by atoms with Crippen LogP contribution in [0.2, 0.25) is 0 Å². The maximum atomic E-state index is 13.8. The lowest BCUT2D eigenvalue weighted by molar-refractivity contribution is 0.433. The van der Waals surface area contributed by atoms with Crippen molar-refractivity contribution in [3.8, 4) is 0 Å². The van der Waals surface area contributed by atoms with Crippen LogP contribution in [0.4, 0.5) is 8.78 Å². The van der Waals surface area contributed by atoms with Gasteiger partial charge < -0.3 is 5.73 Å². The highest BCUT2D eigenvalue weighted by Gasteiger charge is 2.24. The predicted molar refractivity (Wildman–Crippen MR) is 82.7 cm³/mol. The van der Waals surface area contributed by atoms with Crippen LogP contribution >= 0.6 is 0 Å². The number of hydrazone groups is 1. The minimum atomic E-state index is -0.644. The number of aliphatic imine (C=N–C) groups is 1. The van der Waals surface area contributed by atoms with Crippen LogP contribution in [0.3, 0.4) is 0 Å². The molecule has 0 saturated carbocycles. The third-order valence-corrected chi connectivity index (χ3v) is 3.08. The number of nitrogens with one attached hydrogen (secondary N) is 1. The van der Waals surface area contributed by atoms with Gasteiger partial charge in [-0.05, 0) is 12.5 Å². The fraction of sp³-hybridized carbons (Fsp3) is 0.267. The number of rotatable bonds is 5. The average molecular weight is 305 g/mol. The van der Waals surface area contributed by atoms with Crippen LogP contribution in [0.1, 0.15) is 25.3 Å². The molecule has 1 aliphatic rings. The molecule has 1 aromatic rings. The normalized spacial score (nSPS) is 16.6.